The minimum absolute atomic E-state index is 0.280. The Bertz CT molecular complexity index is 412. The maximum atomic E-state index is 12.3. The van der Waals surface area contributed by atoms with Crippen LogP contribution in [-0.4, -0.2) is 14.6 Å². The monoisotopic (exact) mass is 185 g/mol. The lowest BCUT2D eigenvalue weighted by atomic mass is 10.3. The molecule has 0 N–H and O–H groups in total. The van der Waals surface area contributed by atoms with Crippen LogP contribution in [0.25, 0.3) is 5.52 Å². The second kappa shape index (κ2) is 2.71. The summed E-state index contributed by atoms with van der Waals surface area (Å²) in [5.41, 5.74) is 1.06. The molecular formula is C7H5ClFN3. The zero-order valence-corrected chi connectivity index (χ0v) is 6.79. The SMILES string of the molecule is FCc1ccn2ncnc(Cl)c12. The highest BCUT2D eigenvalue weighted by Gasteiger charge is 2.06. The Morgan fingerprint density at radius 1 is 1.58 bits per heavy atom. The maximum absolute atomic E-state index is 12.3. The number of hydrogen-bond donors (Lipinski definition) is 0. The second-order valence-corrected chi connectivity index (χ2v) is 2.68. The van der Waals surface area contributed by atoms with E-state index in [1.807, 2.05) is 0 Å². The third kappa shape index (κ3) is 0.956. The fourth-order valence-corrected chi connectivity index (χ4v) is 1.34. The van der Waals surface area contributed by atoms with Crippen LogP contribution in [0.4, 0.5) is 4.39 Å². The van der Waals surface area contributed by atoms with Crippen LogP contribution >= 0.6 is 11.6 Å². The standard InChI is InChI=1S/C7H5ClFN3/c8-7-6-5(3-9)1-2-12(6)11-4-10-7/h1-2,4H,3H2. The Hall–Kier alpha value is -1.16. The van der Waals surface area contributed by atoms with Gasteiger partial charge in [0.05, 0.1) is 0 Å². The van der Waals surface area contributed by atoms with Crippen molar-refractivity contribution < 1.29 is 4.39 Å². The van der Waals surface area contributed by atoms with Gasteiger partial charge in [-0.05, 0) is 6.07 Å². The first-order valence-corrected chi connectivity index (χ1v) is 3.73. The van der Waals surface area contributed by atoms with Crippen molar-refractivity contribution in [2.45, 2.75) is 6.67 Å². The van der Waals surface area contributed by atoms with Gasteiger partial charge in [-0.25, -0.2) is 13.9 Å². The van der Waals surface area contributed by atoms with Crippen molar-refractivity contribution >= 4 is 17.1 Å². The van der Waals surface area contributed by atoms with Crippen LogP contribution in [-0.2, 0) is 6.67 Å². The van der Waals surface area contributed by atoms with Crippen molar-refractivity contribution in [3.63, 3.8) is 0 Å². The number of hydrogen-bond acceptors (Lipinski definition) is 2. The number of halogens is 2. The van der Waals surface area contributed by atoms with Crippen LogP contribution in [0.1, 0.15) is 5.56 Å². The highest BCUT2D eigenvalue weighted by atomic mass is 35.5. The van der Waals surface area contributed by atoms with E-state index in [9.17, 15) is 4.39 Å². The Morgan fingerprint density at radius 2 is 2.42 bits per heavy atom. The van der Waals surface area contributed by atoms with Crippen LogP contribution in [0.2, 0.25) is 5.15 Å². The third-order valence-corrected chi connectivity index (χ3v) is 1.91. The molecule has 5 heteroatoms. The largest absolute Gasteiger partial charge is 0.246 e. The number of rotatable bonds is 1. The van der Waals surface area contributed by atoms with Gasteiger partial charge in [0.25, 0.3) is 0 Å². The summed E-state index contributed by atoms with van der Waals surface area (Å²) in [6, 6.07) is 1.63. The molecule has 2 rings (SSSR count). The second-order valence-electron chi connectivity index (χ2n) is 2.32. The van der Waals surface area contributed by atoms with Crippen molar-refractivity contribution in [3.05, 3.63) is 29.3 Å². The minimum Gasteiger partial charge on any atom is -0.246 e. The molecule has 0 saturated heterocycles. The molecule has 2 aromatic heterocycles. The third-order valence-electron chi connectivity index (χ3n) is 1.64. The van der Waals surface area contributed by atoms with E-state index < -0.39 is 6.67 Å². The molecule has 0 aromatic carbocycles. The maximum Gasteiger partial charge on any atom is 0.156 e. The molecule has 0 saturated carbocycles. The van der Waals surface area contributed by atoms with Crippen LogP contribution < -0.4 is 0 Å². The van der Waals surface area contributed by atoms with Gasteiger partial charge in [0.2, 0.25) is 0 Å². The van der Waals surface area contributed by atoms with Crippen molar-refractivity contribution in [2.24, 2.45) is 0 Å². The average molecular weight is 186 g/mol. The summed E-state index contributed by atoms with van der Waals surface area (Å²) in [7, 11) is 0. The van der Waals surface area contributed by atoms with E-state index in [-0.39, 0.29) is 5.15 Å². The molecular weight excluding hydrogens is 181 g/mol. The van der Waals surface area contributed by atoms with Crippen LogP contribution in [0.3, 0.4) is 0 Å². The van der Waals surface area contributed by atoms with E-state index in [1.165, 1.54) is 10.8 Å². The Balaban J connectivity index is 2.83. The highest BCUT2D eigenvalue weighted by Crippen LogP contribution is 2.19. The fraction of sp³-hybridized carbons (Fsp3) is 0.143. The van der Waals surface area contributed by atoms with E-state index in [0.29, 0.717) is 11.1 Å². The molecule has 0 fully saturated rings. The summed E-state index contributed by atoms with van der Waals surface area (Å²) in [5, 5.41) is 4.15. The molecule has 2 aromatic rings. The molecule has 0 spiro atoms. The normalized spacial score (nSPS) is 10.8. The molecule has 12 heavy (non-hydrogen) atoms. The van der Waals surface area contributed by atoms with Crippen LogP contribution in [0.5, 0.6) is 0 Å². The predicted octanol–water partition coefficient (Wildman–Crippen LogP) is 1.85. The van der Waals surface area contributed by atoms with E-state index in [1.54, 1.807) is 12.3 Å². The first-order chi connectivity index (χ1) is 5.83. The molecule has 0 aliphatic rings. The molecule has 2 heterocycles. The van der Waals surface area contributed by atoms with Gasteiger partial charge < -0.3 is 0 Å². The van der Waals surface area contributed by atoms with Crippen LogP contribution in [0.15, 0.2) is 18.6 Å². The molecule has 0 aliphatic heterocycles. The first-order valence-electron chi connectivity index (χ1n) is 3.35. The minimum atomic E-state index is -0.552. The number of aromatic nitrogens is 3. The summed E-state index contributed by atoms with van der Waals surface area (Å²) in [6.45, 7) is -0.552. The van der Waals surface area contributed by atoms with Crippen molar-refractivity contribution in [1.29, 1.82) is 0 Å². The van der Waals surface area contributed by atoms with Gasteiger partial charge in [0, 0.05) is 11.8 Å². The van der Waals surface area contributed by atoms with Gasteiger partial charge in [-0.3, -0.25) is 0 Å². The summed E-state index contributed by atoms with van der Waals surface area (Å²) in [4.78, 5) is 3.75. The molecule has 0 atom stereocenters. The molecule has 0 unspecified atom stereocenters. The lowest BCUT2D eigenvalue weighted by Gasteiger charge is -1.95. The summed E-state index contributed by atoms with van der Waals surface area (Å²) in [5.74, 6) is 0. The first kappa shape index (κ1) is 7.49. The number of fused-ring (bicyclic) bond motifs is 1. The van der Waals surface area contributed by atoms with Gasteiger partial charge >= 0.3 is 0 Å². The summed E-state index contributed by atoms with van der Waals surface area (Å²) in [6.07, 6.45) is 2.98. The Morgan fingerprint density at radius 3 is 3.17 bits per heavy atom. The molecule has 3 nitrogen and oxygen atoms in total. The number of alkyl halides is 1. The molecule has 0 amide bonds. The lowest BCUT2D eigenvalue weighted by Crippen LogP contribution is -1.92. The Kier molecular flexibility index (Phi) is 1.69. The van der Waals surface area contributed by atoms with Gasteiger partial charge in [-0.2, -0.15) is 5.10 Å². The Labute approximate surface area is 72.8 Å². The zero-order valence-electron chi connectivity index (χ0n) is 6.04. The van der Waals surface area contributed by atoms with Gasteiger partial charge in [-0.1, -0.05) is 11.6 Å². The zero-order chi connectivity index (χ0) is 8.55. The molecule has 62 valence electrons. The molecule has 0 aliphatic carbocycles. The van der Waals surface area contributed by atoms with E-state index in [0.717, 1.165) is 0 Å². The fourth-order valence-electron chi connectivity index (χ4n) is 1.09. The number of nitrogens with zero attached hydrogens (tertiary/aromatic N) is 3. The van der Waals surface area contributed by atoms with E-state index >= 15 is 0 Å². The van der Waals surface area contributed by atoms with Crippen LogP contribution in [0, 0.1) is 0 Å². The molecule has 0 bridgehead atoms. The predicted molar refractivity (Wildman–Crippen MR) is 42.8 cm³/mol. The highest BCUT2D eigenvalue weighted by molar-refractivity contribution is 6.32. The quantitative estimate of drug-likeness (QED) is 0.679. The summed E-state index contributed by atoms with van der Waals surface area (Å²) >= 11 is 5.74. The van der Waals surface area contributed by atoms with Gasteiger partial charge in [0.1, 0.15) is 18.5 Å². The van der Waals surface area contributed by atoms with Gasteiger partial charge in [0.15, 0.2) is 5.15 Å². The summed E-state index contributed by atoms with van der Waals surface area (Å²) < 4.78 is 13.8. The van der Waals surface area contributed by atoms with E-state index in [4.69, 9.17) is 11.6 Å². The molecule has 0 radical (unpaired) electrons. The van der Waals surface area contributed by atoms with Gasteiger partial charge in [-0.15, -0.1) is 0 Å². The van der Waals surface area contributed by atoms with Crippen molar-refractivity contribution in [3.8, 4) is 0 Å². The van der Waals surface area contributed by atoms with E-state index in [2.05, 4.69) is 10.1 Å². The van der Waals surface area contributed by atoms with Crippen molar-refractivity contribution in [2.75, 3.05) is 0 Å². The average Bonchev–Trinajstić information content (AvgIpc) is 2.49. The lowest BCUT2D eigenvalue weighted by molar-refractivity contribution is 0.488. The topological polar surface area (TPSA) is 30.2 Å². The smallest absolute Gasteiger partial charge is 0.156 e. The van der Waals surface area contributed by atoms with Crippen molar-refractivity contribution in [1.82, 2.24) is 14.6 Å².